The predicted octanol–water partition coefficient (Wildman–Crippen LogP) is 6.50. The van der Waals surface area contributed by atoms with Crippen LogP contribution >= 0.6 is 11.3 Å². The van der Waals surface area contributed by atoms with Gasteiger partial charge in [-0.3, -0.25) is 14.6 Å². The number of rotatable bonds is 7. The van der Waals surface area contributed by atoms with Gasteiger partial charge in [-0.15, -0.1) is 11.3 Å². The molecule has 1 aliphatic rings. The SMILES string of the molecule is COc1ccc(CN2CCCN(Cc3cccc(NC(=O)c4cc5ccccc5s4)c3)CC2)cc1.O=C(O)C(F)(F)F. The topological polar surface area (TPSA) is 82.1 Å². The molecule has 1 fully saturated rings. The molecule has 0 atom stereocenters. The third-order valence-electron chi connectivity index (χ3n) is 6.73. The zero-order chi connectivity index (χ0) is 30.1. The van der Waals surface area contributed by atoms with Crippen molar-refractivity contribution in [3.63, 3.8) is 0 Å². The first-order chi connectivity index (χ1) is 20.1. The maximum Gasteiger partial charge on any atom is 0.490 e. The second-order valence-electron chi connectivity index (χ2n) is 9.86. The molecule has 0 bridgehead atoms. The molecule has 0 saturated carbocycles. The number of nitrogens with one attached hydrogen (secondary N) is 1. The van der Waals surface area contributed by atoms with E-state index in [0.29, 0.717) is 0 Å². The number of carboxylic acid groups (broad SMARTS) is 1. The number of carbonyl (C=O) groups excluding carboxylic acids is 1. The number of alkyl halides is 3. The Kier molecular flexibility index (Phi) is 10.6. The van der Waals surface area contributed by atoms with E-state index < -0.39 is 12.1 Å². The summed E-state index contributed by atoms with van der Waals surface area (Å²) in [5.74, 6) is -1.90. The molecule has 0 unspecified atom stereocenters. The van der Waals surface area contributed by atoms with Gasteiger partial charge in [0.05, 0.1) is 12.0 Å². The summed E-state index contributed by atoms with van der Waals surface area (Å²) >= 11 is 1.53. The van der Waals surface area contributed by atoms with E-state index in [9.17, 15) is 18.0 Å². The molecule has 5 rings (SSSR count). The van der Waals surface area contributed by atoms with Crippen molar-refractivity contribution in [2.75, 3.05) is 38.6 Å². The fraction of sp³-hybridized carbons (Fsp3) is 0.290. The Labute approximate surface area is 246 Å². The van der Waals surface area contributed by atoms with Gasteiger partial charge in [0.2, 0.25) is 0 Å². The van der Waals surface area contributed by atoms with Crippen LogP contribution in [0.3, 0.4) is 0 Å². The highest BCUT2D eigenvalue weighted by molar-refractivity contribution is 7.20. The minimum Gasteiger partial charge on any atom is -0.497 e. The standard InChI is InChI=1S/C29H31N3O2S.C2HF3O2/c1-34-26-12-10-22(11-13-26)20-31-14-5-15-32(17-16-31)21-23-6-4-8-25(18-23)30-29(33)28-19-24-7-2-3-9-27(24)35-28;3-2(4,5)1(6)7/h2-4,6-13,18-19H,5,14-17,20-21H2,1H3,(H,30,33);(H,6,7). The summed E-state index contributed by atoms with van der Waals surface area (Å²) in [4.78, 5) is 27.5. The van der Waals surface area contributed by atoms with Gasteiger partial charge in [-0.2, -0.15) is 13.2 Å². The molecule has 0 radical (unpaired) electrons. The lowest BCUT2D eigenvalue weighted by molar-refractivity contribution is -0.192. The van der Waals surface area contributed by atoms with Crippen molar-refractivity contribution in [3.05, 3.63) is 94.9 Å². The fourth-order valence-corrected chi connectivity index (χ4v) is 5.58. The van der Waals surface area contributed by atoms with Crippen LogP contribution in [0.1, 0.15) is 27.2 Å². The van der Waals surface area contributed by atoms with E-state index in [4.69, 9.17) is 14.6 Å². The Hall–Kier alpha value is -3.93. The summed E-state index contributed by atoms with van der Waals surface area (Å²) in [6, 6.07) is 26.7. The lowest BCUT2D eigenvalue weighted by atomic mass is 10.1. The number of hydrogen-bond acceptors (Lipinski definition) is 6. The van der Waals surface area contributed by atoms with Crippen molar-refractivity contribution >= 4 is 39.0 Å². The quantitative estimate of drug-likeness (QED) is 0.252. The molecule has 0 aliphatic carbocycles. The monoisotopic (exact) mass is 599 g/mol. The van der Waals surface area contributed by atoms with E-state index in [2.05, 4.69) is 45.4 Å². The van der Waals surface area contributed by atoms with Gasteiger partial charge in [0, 0.05) is 36.6 Å². The Morgan fingerprint density at radius 2 is 1.52 bits per heavy atom. The Morgan fingerprint density at radius 1 is 0.881 bits per heavy atom. The lowest BCUT2D eigenvalue weighted by Gasteiger charge is -2.22. The summed E-state index contributed by atoms with van der Waals surface area (Å²) < 4.78 is 38.1. The molecular weight excluding hydrogens is 567 g/mol. The van der Waals surface area contributed by atoms with Gasteiger partial charge in [0.1, 0.15) is 5.75 Å². The lowest BCUT2D eigenvalue weighted by Crippen LogP contribution is -2.30. The summed E-state index contributed by atoms with van der Waals surface area (Å²) in [6.45, 7) is 6.13. The van der Waals surface area contributed by atoms with E-state index in [1.807, 2.05) is 48.5 Å². The highest BCUT2D eigenvalue weighted by Gasteiger charge is 2.38. The normalized spacial score (nSPS) is 14.5. The third-order valence-corrected chi connectivity index (χ3v) is 7.84. The van der Waals surface area contributed by atoms with Crippen LogP contribution in [0.4, 0.5) is 18.9 Å². The molecule has 2 N–H and O–H groups in total. The average molecular weight is 600 g/mol. The number of nitrogens with zero attached hydrogens (tertiary/aromatic N) is 2. The summed E-state index contributed by atoms with van der Waals surface area (Å²) in [5.41, 5.74) is 3.39. The number of hydrogen-bond donors (Lipinski definition) is 2. The van der Waals surface area contributed by atoms with E-state index in [0.717, 1.165) is 72.1 Å². The molecule has 3 aromatic carbocycles. The first-order valence-electron chi connectivity index (χ1n) is 13.4. The molecule has 0 spiro atoms. The molecule has 2 heterocycles. The number of anilines is 1. The molecule has 42 heavy (non-hydrogen) atoms. The molecule has 4 aromatic rings. The third kappa shape index (κ3) is 9.04. The first kappa shape index (κ1) is 31.0. The van der Waals surface area contributed by atoms with Crippen molar-refractivity contribution in [3.8, 4) is 5.75 Å². The molecule has 1 aromatic heterocycles. The molecular formula is C31H32F3N3O4S. The van der Waals surface area contributed by atoms with E-state index in [1.54, 1.807) is 7.11 Å². The van der Waals surface area contributed by atoms with Crippen molar-refractivity contribution in [2.45, 2.75) is 25.7 Å². The fourth-order valence-electron chi connectivity index (χ4n) is 4.62. The number of methoxy groups -OCH3 is 1. The molecule has 1 amide bonds. The average Bonchev–Trinajstić information content (AvgIpc) is 3.29. The van der Waals surface area contributed by atoms with E-state index in [1.165, 1.54) is 22.5 Å². The van der Waals surface area contributed by atoms with Gasteiger partial charge in [-0.05, 0) is 72.4 Å². The highest BCUT2D eigenvalue weighted by Crippen LogP contribution is 2.26. The molecule has 1 saturated heterocycles. The van der Waals surface area contributed by atoms with Crippen LogP contribution in [-0.2, 0) is 17.9 Å². The van der Waals surface area contributed by atoms with E-state index in [-0.39, 0.29) is 5.91 Å². The molecule has 222 valence electrons. The Balaban J connectivity index is 0.000000517. The predicted molar refractivity (Wildman–Crippen MR) is 158 cm³/mol. The van der Waals surface area contributed by atoms with Crippen LogP contribution in [0.25, 0.3) is 10.1 Å². The molecule has 11 heteroatoms. The number of halogens is 3. The van der Waals surface area contributed by atoms with Gasteiger partial charge in [0.25, 0.3) is 5.91 Å². The molecule has 1 aliphatic heterocycles. The van der Waals surface area contributed by atoms with Crippen molar-refractivity contribution in [1.29, 1.82) is 0 Å². The van der Waals surface area contributed by atoms with Gasteiger partial charge in [-0.25, -0.2) is 4.79 Å². The number of carboxylic acids is 1. The zero-order valence-electron chi connectivity index (χ0n) is 23.1. The minimum atomic E-state index is -5.08. The summed E-state index contributed by atoms with van der Waals surface area (Å²) in [7, 11) is 1.70. The van der Waals surface area contributed by atoms with Crippen LogP contribution < -0.4 is 10.1 Å². The van der Waals surface area contributed by atoms with Gasteiger partial charge >= 0.3 is 12.1 Å². The number of benzene rings is 3. The van der Waals surface area contributed by atoms with Gasteiger partial charge in [0.15, 0.2) is 0 Å². The smallest absolute Gasteiger partial charge is 0.490 e. The number of ether oxygens (including phenoxy) is 1. The zero-order valence-corrected chi connectivity index (χ0v) is 23.9. The maximum absolute atomic E-state index is 12.8. The van der Waals surface area contributed by atoms with Crippen LogP contribution in [-0.4, -0.2) is 66.2 Å². The minimum absolute atomic E-state index is 0.0488. The number of amides is 1. The number of aliphatic carboxylic acids is 1. The summed E-state index contributed by atoms with van der Waals surface area (Å²) in [5, 5.41) is 11.3. The Bertz CT molecular complexity index is 1460. The Morgan fingerprint density at radius 3 is 2.14 bits per heavy atom. The number of thiophene rings is 1. The largest absolute Gasteiger partial charge is 0.497 e. The van der Waals surface area contributed by atoms with Crippen LogP contribution in [0, 0.1) is 0 Å². The van der Waals surface area contributed by atoms with Gasteiger partial charge < -0.3 is 15.2 Å². The maximum atomic E-state index is 12.8. The first-order valence-corrected chi connectivity index (χ1v) is 14.2. The second kappa shape index (κ2) is 14.3. The molecule has 7 nitrogen and oxygen atoms in total. The second-order valence-corrected chi connectivity index (χ2v) is 10.9. The number of carbonyl (C=O) groups is 2. The van der Waals surface area contributed by atoms with Crippen molar-refractivity contribution in [2.24, 2.45) is 0 Å². The van der Waals surface area contributed by atoms with Gasteiger partial charge in [-0.1, -0.05) is 42.5 Å². The number of fused-ring (bicyclic) bond motifs is 1. The summed E-state index contributed by atoms with van der Waals surface area (Å²) in [6.07, 6.45) is -3.93. The highest BCUT2D eigenvalue weighted by atomic mass is 32.1. The van der Waals surface area contributed by atoms with Crippen LogP contribution in [0.2, 0.25) is 0 Å². The van der Waals surface area contributed by atoms with Crippen molar-refractivity contribution < 1.29 is 32.6 Å². The van der Waals surface area contributed by atoms with Crippen LogP contribution in [0.5, 0.6) is 5.75 Å². The van der Waals surface area contributed by atoms with Crippen molar-refractivity contribution in [1.82, 2.24) is 9.80 Å². The van der Waals surface area contributed by atoms with E-state index >= 15 is 0 Å². The van der Waals surface area contributed by atoms with Crippen LogP contribution in [0.15, 0.2) is 78.9 Å².